The number of benzene rings is 1. The number of carbonyl (C=O) groups excluding carboxylic acids is 1. The van der Waals surface area contributed by atoms with Gasteiger partial charge in [0.25, 0.3) is 0 Å². The third-order valence-electron chi connectivity index (χ3n) is 5.52. The first-order chi connectivity index (χ1) is 15.2. The molecule has 1 aromatic heterocycles. The van der Waals surface area contributed by atoms with Crippen LogP contribution in [0.5, 0.6) is 0 Å². The number of hydrogen-bond donors (Lipinski definition) is 2. The van der Waals surface area contributed by atoms with Gasteiger partial charge < -0.3 is 14.7 Å². The predicted molar refractivity (Wildman–Crippen MR) is 130 cm³/mol. The Hall–Kier alpha value is -2.37. The van der Waals surface area contributed by atoms with Gasteiger partial charge in [-0.25, -0.2) is 4.79 Å². The minimum Gasteiger partial charge on any atom is -0.511 e. The van der Waals surface area contributed by atoms with Crippen LogP contribution in [0, 0.1) is 5.92 Å². The van der Waals surface area contributed by atoms with Crippen molar-refractivity contribution in [3.63, 3.8) is 0 Å². The molecular weight excluding hydrogens is 423 g/mol. The van der Waals surface area contributed by atoms with Crippen molar-refractivity contribution in [2.45, 2.75) is 51.8 Å². The van der Waals surface area contributed by atoms with Gasteiger partial charge in [0, 0.05) is 31.4 Å². The molecular formula is C24H35N4O3P. The van der Waals surface area contributed by atoms with Crippen molar-refractivity contribution in [2.24, 2.45) is 5.92 Å². The number of nitrogens with zero attached hydrogens (tertiary/aromatic N) is 3. The van der Waals surface area contributed by atoms with Crippen LogP contribution in [0.1, 0.15) is 45.2 Å². The fourth-order valence-corrected chi connectivity index (χ4v) is 4.52. The molecule has 0 bridgehead atoms. The van der Waals surface area contributed by atoms with Crippen LogP contribution >= 0.6 is 8.73 Å². The Kier molecular flexibility index (Phi) is 7.96. The molecule has 1 amide bonds. The summed E-state index contributed by atoms with van der Waals surface area (Å²) in [5, 5.41) is 17.8. The second-order valence-corrected chi connectivity index (χ2v) is 10.1. The lowest BCUT2D eigenvalue weighted by Gasteiger charge is -2.33. The maximum Gasteiger partial charge on any atom is 0.410 e. The van der Waals surface area contributed by atoms with Gasteiger partial charge in [-0.05, 0) is 63.4 Å². The Balaban J connectivity index is 1.60. The molecule has 1 aliphatic rings. The number of likely N-dealkylation sites (tertiary alicyclic amines) is 1. The van der Waals surface area contributed by atoms with Crippen molar-refractivity contribution in [1.82, 2.24) is 19.8 Å². The van der Waals surface area contributed by atoms with Crippen molar-refractivity contribution >= 4 is 14.8 Å². The standard InChI is InChI=1S/C24H35N4O3P/c1-17(29)22(26-32-5)20-8-6-7-19(13-20)21-14-25-28(16-21)15-18-9-11-27(12-10-18)23(30)31-24(2,3)4/h6-8,13-14,16,18,22,26,29,32H,1,9-12,15H2,2-5H3. The Morgan fingerprint density at radius 3 is 2.69 bits per heavy atom. The largest absolute Gasteiger partial charge is 0.511 e. The van der Waals surface area contributed by atoms with Gasteiger partial charge >= 0.3 is 6.09 Å². The first-order valence-electron chi connectivity index (χ1n) is 11.1. The van der Waals surface area contributed by atoms with Crippen LogP contribution in [-0.2, 0) is 11.3 Å². The number of aliphatic hydroxyl groups excluding tert-OH is 1. The van der Waals surface area contributed by atoms with E-state index in [9.17, 15) is 9.90 Å². The fraction of sp³-hybridized carbons (Fsp3) is 0.500. The van der Waals surface area contributed by atoms with Crippen molar-refractivity contribution in [3.05, 3.63) is 54.6 Å². The second-order valence-electron chi connectivity index (χ2n) is 9.31. The highest BCUT2D eigenvalue weighted by Gasteiger charge is 2.27. The summed E-state index contributed by atoms with van der Waals surface area (Å²) in [5.74, 6) is 0.592. The number of amides is 1. The molecule has 0 radical (unpaired) electrons. The quantitative estimate of drug-likeness (QED) is 0.445. The molecule has 1 saturated heterocycles. The molecule has 1 fully saturated rings. The molecule has 2 heterocycles. The maximum absolute atomic E-state index is 12.3. The Bertz CT molecular complexity index is 929. The van der Waals surface area contributed by atoms with Gasteiger partial charge in [0.2, 0.25) is 0 Å². The molecule has 0 spiro atoms. The number of aromatic nitrogens is 2. The van der Waals surface area contributed by atoms with Crippen LogP contribution in [0.25, 0.3) is 11.1 Å². The molecule has 7 nitrogen and oxygen atoms in total. The zero-order chi connectivity index (χ0) is 23.3. The number of hydrogen-bond acceptors (Lipinski definition) is 5. The zero-order valence-electron chi connectivity index (χ0n) is 19.5. The Labute approximate surface area is 192 Å². The van der Waals surface area contributed by atoms with E-state index in [1.807, 2.05) is 50.4 Å². The first kappa shape index (κ1) is 24.3. The third-order valence-corrected chi connectivity index (χ3v) is 6.10. The fourth-order valence-electron chi connectivity index (χ4n) is 3.90. The van der Waals surface area contributed by atoms with Gasteiger partial charge in [0.15, 0.2) is 0 Å². The predicted octanol–water partition coefficient (Wildman–Crippen LogP) is 5.12. The van der Waals surface area contributed by atoms with E-state index in [0.717, 1.165) is 36.1 Å². The van der Waals surface area contributed by atoms with E-state index in [0.29, 0.717) is 27.7 Å². The highest BCUT2D eigenvalue weighted by molar-refractivity contribution is 7.34. The minimum absolute atomic E-state index is 0.116. The Morgan fingerprint density at radius 1 is 1.34 bits per heavy atom. The van der Waals surface area contributed by atoms with Gasteiger partial charge in [-0.3, -0.25) is 9.77 Å². The van der Waals surface area contributed by atoms with Gasteiger partial charge in [0.05, 0.1) is 12.2 Å². The number of piperidine rings is 1. The lowest BCUT2D eigenvalue weighted by atomic mass is 9.97. The maximum atomic E-state index is 12.3. The number of nitrogens with one attached hydrogen (secondary N) is 1. The molecule has 2 unspecified atom stereocenters. The van der Waals surface area contributed by atoms with Crippen molar-refractivity contribution in [2.75, 3.05) is 19.8 Å². The second kappa shape index (κ2) is 10.5. The Morgan fingerprint density at radius 2 is 2.06 bits per heavy atom. The summed E-state index contributed by atoms with van der Waals surface area (Å²) in [4.78, 5) is 14.1. The molecule has 2 aromatic rings. The molecule has 3 rings (SSSR count). The van der Waals surface area contributed by atoms with E-state index in [-0.39, 0.29) is 17.9 Å². The molecule has 0 saturated carbocycles. The average Bonchev–Trinajstić information content (AvgIpc) is 3.19. The molecule has 8 heteroatoms. The summed E-state index contributed by atoms with van der Waals surface area (Å²) >= 11 is 0. The van der Waals surface area contributed by atoms with Crippen molar-refractivity contribution in [3.8, 4) is 11.1 Å². The number of rotatable bonds is 7. The normalized spacial score (nSPS) is 16.4. The molecule has 2 N–H and O–H groups in total. The summed E-state index contributed by atoms with van der Waals surface area (Å²) in [6, 6.07) is 7.83. The third kappa shape index (κ3) is 6.57. The van der Waals surface area contributed by atoms with E-state index in [1.54, 1.807) is 4.90 Å². The van der Waals surface area contributed by atoms with Crippen LogP contribution in [0.15, 0.2) is 49.0 Å². The monoisotopic (exact) mass is 458 g/mol. The molecule has 1 aliphatic heterocycles. The van der Waals surface area contributed by atoms with Crippen LogP contribution in [0.3, 0.4) is 0 Å². The van der Waals surface area contributed by atoms with E-state index in [2.05, 4.69) is 35.1 Å². The molecule has 1 aromatic carbocycles. The zero-order valence-corrected chi connectivity index (χ0v) is 20.5. The molecule has 174 valence electrons. The summed E-state index contributed by atoms with van der Waals surface area (Å²) < 4.78 is 7.47. The van der Waals surface area contributed by atoms with E-state index in [4.69, 9.17) is 4.74 Å². The van der Waals surface area contributed by atoms with E-state index < -0.39 is 5.60 Å². The van der Waals surface area contributed by atoms with Crippen LogP contribution < -0.4 is 5.09 Å². The summed E-state index contributed by atoms with van der Waals surface area (Å²) in [6.45, 7) is 13.7. The van der Waals surface area contributed by atoms with Crippen molar-refractivity contribution < 1.29 is 14.6 Å². The topological polar surface area (TPSA) is 79.6 Å². The number of ether oxygens (including phenoxy) is 1. The first-order valence-corrected chi connectivity index (χ1v) is 12.6. The van der Waals surface area contributed by atoms with Gasteiger partial charge in [-0.15, -0.1) is 0 Å². The minimum atomic E-state index is -0.464. The summed E-state index contributed by atoms with van der Waals surface area (Å²) in [5.41, 5.74) is 2.61. The van der Waals surface area contributed by atoms with E-state index >= 15 is 0 Å². The van der Waals surface area contributed by atoms with Crippen LogP contribution in [0.2, 0.25) is 0 Å². The number of aliphatic hydroxyl groups is 1. The average molecular weight is 459 g/mol. The van der Waals surface area contributed by atoms with Crippen LogP contribution in [0.4, 0.5) is 4.79 Å². The highest BCUT2D eigenvalue weighted by atomic mass is 31.1. The van der Waals surface area contributed by atoms with Crippen molar-refractivity contribution in [1.29, 1.82) is 0 Å². The number of carbonyl (C=O) groups is 1. The summed E-state index contributed by atoms with van der Waals surface area (Å²) in [6.07, 6.45) is 5.60. The smallest absolute Gasteiger partial charge is 0.410 e. The van der Waals surface area contributed by atoms with Gasteiger partial charge in [0.1, 0.15) is 11.4 Å². The molecule has 32 heavy (non-hydrogen) atoms. The van der Waals surface area contributed by atoms with Gasteiger partial charge in [-0.2, -0.15) is 5.10 Å². The van der Waals surface area contributed by atoms with Crippen LogP contribution in [-0.4, -0.2) is 51.2 Å². The SMILES string of the molecule is C=C(O)C(NPC)c1cccc(-c2cnn(CC3CCN(C(=O)OC(C)(C)C)CC3)c2)c1. The highest BCUT2D eigenvalue weighted by Crippen LogP contribution is 2.28. The lowest BCUT2D eigenvalue weighted by Crippen LogP contribution is -2.42. The lowest BCUT2D eigenvalue weighted by molar-refractivity contribution is 0.0177. The summed E-state index contributed by atoms with van der Waals surface area (Å²) in [7, 11) is 0.499. The van der Waals surface area contributed by atoms with E-state index in [1.165, 1.54) is 0 Å². The molecule has 2 atom stereocenters. The molecule has 0 aliphatic carbocycles. The van der Waals surface area contributed by atoms with Gasteiger partial charge in [-0.1, -0.05) is 33.5 Å².